The summed E-state index contributed by atoms with van der Waals surface area (Å²) in [7, 11) is -9.92. The molecule has 0 aromatic carbocycles. The van der Waals surface area contributed by atoms with Gasteiger partial charge in [0.05, 0.1) is 26.4 Å². The van der Waals surface area contributed by atoms with Crippen molar-refractivity contribution in [1.82, 2.24) is 0 Å². The highest BCUT2D eigenvalue weighted by molar-refractivity contribution is 7.47. The van der Waals surface area contributed by atoms with Crippen molar-refractivity contribution in [3.63, 3.8) is 0 Å². The van der Waals surface area contributed by atoms with Gasteiger partial charge in [0.2, 0.25) is 0 Å². The standard InChI is InChI=1S/C83H162O17P2/c1-7-10-12-14-16-18-19-20-21-22-26-29-32-37-42-48-54-60-66-81(86)94-72-79(100-82(87)67-61-55-49-43-38-33-30-27-24-23-25-28-31-36-41-46-52-58-64-76(6)9-3)74-98-102(91,92)96-70-77(84)69-95-101(89,90)97-73-78(71-93-80(85)65-59-53-47-17-15-13-11-8-2)99-83(88)68-62-56-50-44-39-34-35-40-45-51-57-63-75(4)5/h75-79,84H,7-74H2,1-6H3,(H,89,90)(H,91,92)/t76?,77-,78+,79+/m0/s1. The number of carbonyl (C=O) groups excluding carboxylic acids is 4. The Balaban J connectivity index is 5.18. The van der Waals surface area contributed by atoms with Gasteiger partial charge in [-0.15, -0.1) is 0 Å². The molecule has 3 N–H and O–H groups in total. The molecule has 6 atom stereocenters. The number of unbranched alkanes of at least 4 members (excludes halogenated alkanes) is 51. The molecule has 3 unspecified atom stereocenters. The molecule has 19 heteroatoms. The third-order valence-corrected chi connectivity index (χ3v) is 21.7. The predicted octanol–water partition coefficient (Wildman–Crippen LogP) is 25.1. The third-order valence-electron chi connectivity index (χ3n) is 19.8. The van der Waals surface area contributed by atoms with Gasteiger partial charge in [0.1, 0.15) is 19.3 Å². The Bertz CT molecular complexity index is 1960. The summed E-state index contributed by atoms with van der Waals surface area (Å²) in [6, 6.07) is 0. The lowest BCUT2D eigenvalue weighted by atomic mass is 9.99. The highest BCUT2D eigenvalue weighted by Crippen LogP contribution is 2.45. The van der Waals surface area contributed by atoms with E-state index < -0.39 is 97.5 Å². The molecule has 0 aliphatic rings. The van der Waals surface area contributed by atoms with Crippen LogP contribution >= 0.6 is 15.6 Å². The van der Waals surface area contributed by atoms with Gasteiger partial charge in [0, 0.05) is 25.7 Å². The molecule has 0 rings (SSSR count). The molecule has 0 radical (unpaired) electrons. The van der Waals surface area contributed by atoms with E-state index in [4.69, 9.17) is 37.0 Å². The molecule has 0 aromatic heterocycles. The van der Waals surface area contributed by atoms with Gasteiger partial charge in [0.25, 0.3) is 0 Å². The number of hydrogen-bond donors (Lipinski definition) is 3. The van der Waals surface area contributed by atoms with Crippen LogP contribution in [0.25, 0.3) is 0 Å². The van der Waals surface area contributed by atoms with Crippen molar-refractivity contribution in [1.29, 1.82) is 0 Å². The fourth-order valence-electron chi connectivity index (χ4n) is 12.9. The van der Waals surface area contributed by atoms with Gasteiger partial charge in [-0.3, -0.25) is 37.3 Å². The molecule has 0 bridgehead atoms. The summed E-state index contributed by atoms with van der Waals surface area (Å²) in [5.74, 6) is -0.472. The van der Waals surface area contributed by atoms with Gasteiger partial charge in [0.15, 0.2) is 12.2 Å². The smallest absolute Gasteiger partial charge is 0.462 e. The van der Waals surface area contributed by atoms with Gasteiger partial charge in [-0.1, -0.05) is 388 Å². The Morgan fingerprint density at radius 3 is 0.745 bits per heavy atom. The number of carbonyl (C=O) groups is 4. The topological polar surface area (TPSA) is 237 Å². The summed E-state index contributed by atoms with van der Waals surface area (Å²) in [6.07, 6.45) is 65.3. The molecule has 0 aliphatic heterocycles. The average molecular weight is 1490 g/mol. The van der Waals surface area contributed by atoms with E-state index in [1.165, 1.54) is 250 Å². The second-order valence-corrected chi connectivity index (χ2v) is 33.5. The van der Waals surface area contributed by atoms with Gasteiger partial charge in [-0.25, -0.2) is 9.13 Å². The van der Waals surface area contributed by atoms with Gasteiger partial charge in [-0.05, 0) is 37.5 Å². The van der Waals surface area contributed by atoms with Crippen LogP contribution in [0.3, 0.4) is 0 Å². The molecular formula is C83H162O17P2. The van der Waals surface area contributed by atoms with Crippen LogP contribution in [0.15, 0.2) is 0 Å². The minimum absolute atomic E-state index is 0.107. The zero-order valence-corrected chi connectivity index (χ0v) is 68.7. The number of aliphatic hydroxyl groups is 1. The number of hydrogen-bond acceptors (Lipinski definition) is 15. The van der Waals surface area contributed by atoms with Crippen molar-refractivity contribution >= 4 is 39.5 Å². The lowest BCUT2D eigenvalue weighted by molar-refractivity contribution is -0.161. The van der Waals surface area contributed by atoms with Crippen LogP contribution in [0, 0.1) is 11.8 Å². The maximum Gasteiger partial charge on any atom is 0.472 e. The normalized spacial score (nSPS) is 14.1. The summed E-state index contributed by atoms with van der Waals surface area (Å²) in [4.78, 5) is 73.0. The molecule has 102 heavy (non-hydrogen) atoms. The van der Waals surface area contributed by atoms with Crippen LogP contribution in [0.2, 0.25) is 0 Å². The number of esters is 4. The van der Waals surface area contributed by atoms with E-state index in [0.29, 0.717) is 25.7 Å². The predicted molar refractivity (Wildman–Crippen MR) is 418 cm³/mol. The second-order valence-electron chi connectivity index (χ2n) is 30.6. The van der Waals surface area contributed by atoms with Crippen molar-refractivity contribution in [2.45, 2.75) is 458 Å². The Morgan fingerprint density at radius 1 is 0.284 bits per heavy atom. The quantitative estimate of drug-likeness (QED) is 0.0222. The van der Waals surface area contributed by atoms with Crippen LogP contribution in [0.4, 0.5) is 0 Å². The highest BCUT2D eigenvalue weighted by atomic mass is 31.2. The molecule has 0 amide bonds. The van der Waals surface area contributed by atoms with Crippen molar-refractivity contribution in [3.05, 3.63) is 0 Å². The molecule has 0 saturated carbocycles. The first kappa shape index (κ1) is 100. The minimum atomic E-state index is -4.96. The Labute approximate surface area is 626 Å². The largest absolute Gasteiger partial charge is 0.472 e. The third kappa shape index (κ3) is 74.9. The van der Waals surface area contributed by atoms with E-state index in [2.05, 4.69) is 41.5 Å². The first-order chi connectivity index (χ1) is 49.4. The SMILES string of the molecule is CCCCCCCCCCCCCCCCCCCCC(=O)OC[C@H](COP(=O)(O)OC[C@@H](O)COP(=O)(O)OC[C@@H](COC(=O)CCCCCCCCCC)OC(=O)CCCCCCCCCCCCCC(C)C)OC(=O)CCCCCCCCCCCCCCCCCCCCC(C)CC. The number of aliphatic hydroxyl groups excluding tert-OH is 1. The molecule has 0 aliphatic carbocycles. The van der Waals surface area contributed by atoms with Gasteiger partial charge >= 0.3 is 39.5 Å². The fraction of sp³-hybridized carbons (Fsp3) is 0.952. The molecule has 17 nitrogen and oxygen atoms in total. The van der Waals surface area contributed by atoms with E-state index in [-0.39, 0.29) is 25.7 Å². The number of rotatable bonds is 82. The van der Waals surface area contributed by atoms with Gasteiger partial charge in [-0.2, -0.15) is 0 Å². The maximum absolute atomic E-state index is 13.1. The van der Waals surface area contributed by atoms with Crippen molar-refractivity contribution in [2.24, 2.45) is 11.8 Å². The molecular weight excluding hydrogens is 1330 g/mol. The summed E-state index contributed by atoms with van der Waals surface area (Å²) in [5, 5.41) is 10.6. The zero-order chi connectivity index (χ0) is 74.9. The van der Waals surface area contributed by atoms with Crippen LogP contribution in [-0.4, -0.2) is 96.7 Å². The summed E-state index contributed by atoms with van der Waals surface area (Å²) >= 11 is 0. The highest BCUT2D eigenvalue weighted by Gasteiger charge is 2.30. The molecule has 606 valence electrons. The monoisotopic (exact) mass is 1490 g/mol. The van der Waals surface area contributed by atoms with E-state index >= 15 is 0 Å². The molecule has 0 saturated heterocycles. The van der Waals surface area contributed by atoms with E-state index in [0.717, 1.165) is 108 Å². The summed E-state index contributed by atoms with van der Waals surface area (Å²) in [6.45, 7) is 9.69. The van der Waals surface area contributed by atoms with Crippen LogP contribution < -0.4 is 0 Å². The lowest BCUT2D eigenvalue weighted by Crippen LogP contribution is -2.30. The minimum Gasteiger partial charge on any atom is -0.462 e. The Kier molecular flexibility index (Phi) is 73.1. The first-order valence-corrected chi connectivity index (χ1v) is 46.0. The zero-order valence-electron chi connectivity index (χ0n) is 66.9. The van der Waals surface area contributed by atoms with Crippen LogP contribution in [0.5, 0.6) is 0 Å². The summed E-state index contributed by atoms with van der Waals surface area (Å²) < 4.78 is 68.7. The van der Waals surface area contributed by atoms with Crippen LogP contribution in [-0.2, 0) is 65.4 Å². The molecule has 0 spiro atoms. The van der Waals surface area contributed by atoms with E-state index in [1.54, 1.807) is 0 Å². The molecule has 0 heterocycles. The van der Waals surface area contributed by atoms with Crippen molar-refractivity contribution < 1.29 is 80.2 Å². The fourth-order valence-corrected chi connectivity index (χ4v) is 14.4. The first-order valence-electron chi connectivity index (χ1n) is 43.0. The maximum atomic E-state index is 13.1. The van der Waals surface area contributed by atoms with E-state index in [1.807, 2.05) is 0 Å². The lowest BCUT2D eigenvalue weighted by Gasteiger charge is -2.21. The number of phosphoric ester groups is 2. The Morgan fingerprint density at radius 2 is 0.500 bits per heavy atom. The second kappa shape index (κ2) is 74.5. The summed E-state index contributed by atoms with van der Waals surface area (Å²) in [5.41, 5.74) is 0. The van der Waals surface area contributed by atoms with Crippen LogP contribution in [0.1, 0.15) is 440 Å². The van der Waals surface area contributed by atoms with Gasteiger partial charge < -0.3 is 33.8 Å². The van der Waals surface area contributed by atoms with Crippen molar-refractivity contribution in [3.8, 4) is 0 Å². The van der Waals surface area contributed by atoms with Crippen molar-refractivity contribution in [2.75, 3.05) is 39.6 Å². The van der Waals surface area contributed by atoms with E-state index in [9.17, 15) is 43.2 Å². The molecule has 0 aromatic rings. The number of ether oxygens (including phenoxy) is 4. The number of phosphoric acid groups is 2. The average Bonchev–Trinajstić information content (AvgIpc) is 0.935. The molecule has 0 fully saturated rings. The Hall–Kier alpha value is -1.94.